The van der Waals surface area contributed by atoms with Crippen molar-refractivity contribution in [3.8, 4) is 0 Å². The Balaban J connectivity index is 2.82. The average molecular weight is 226 g/mol. The molecule has 0 fully saturated rings. The van der Waals surface area contributed by atoms with Crippen LogP contribution in [0.1, 0.15) is 39.4 Å². The molecule has 0 unspecified atom stereocenters. The van der Waals surface area contributed by atoms with Gasteiger partial charge in [0.25, 0.3) is 0 Å². The quantitative estimate of drug-likeness (QED) is 0.738. The monoisotopic (exact) mass is 226 g/mol. The van der Waals surface area contributed by atoms with Gasteiger partial charge in [-0.25, -0.2) is 4.98 Å². The van der Waals surface area contributed by atoms with E-state index in [-0.39, 0.29) is 0 Å². The van der Waals surface area contributed by atoms with E-state index in [1.807, 2.05) is 6.20 Å². The Morgan fingerprint density at radius 2 is 2.00 bits per heavy atom. The van der Waals surface area contributed by atoms with Gasteiger partial charge in [-0.15, -0.1) is 0 Å². The first-order valence-electron chi connectivity index (χ1n) is 5.82. The van der Waals surface area contributed by atoms with Crippen LogP contribution in [0.15, 0.2) is 12.4 Å². The van der Waals surface area contributed by atoms with Crippen LogP contribution in [-0.4, -0.2) is 15.3 Å². The summed E-state index contributed by atoms with van der Waals surface area (Å²) >= 11 is 4.50. The molecule has 0 radical (unpaired) electrons. The van der Waals surface area contributed by atoms with Crippen LogP contribution in [0.4, 0.5) is 0 Å². The number of aryl methyl sites for hydroxylation is 1. The molecule has 1 aromatic heterocycles. The van der Waals surface area contributed by atoms with Gasteiger partial charge in [0, 0.05) is 25.4 Å². The number of rotatable bonds is 6. The van der Waals surface area contributed by atoms with Crippen LogP contribution in [0, 0.1) is 5.41 Å². The van der Waals surface area contributed by atoms with Gasteiger partial charge in [0.15, 0.2) is 0 Å². The van der Waals surface area contributed by atoms with Crippen molar-refractivity contribution < 1.29 is 0 Å². The fraction of sp³-hybridized carbons (Fsp3) is 0.750. The second kappa shape index (κ2) is 5.59. The average Bonchev–Trinajstić information content (AvgIpc) is 2.73. The van der Waals surface area contributed by atoms with Gasteiger partial charge in [-0.1, -0.05) is 20.8 Å². The van der Waals surface area contributed by atoms with Gasteiger partial charge >= 0.3 is 0 Å². The summed E-state index contributed by atoms with van der Waals surface area (Å²) < 4.78 is 2.28. The highest BCUT2D eigenvalue weighted by Gasteiger charge is 2.25. The molecular weight excluding hydrogens is 204 g/mol. The number of aromatic nitrogens is 2. The SMILES string of the molecule is CCc1nccn1CC(CC)(CC)CS. The minimum Gasteiger partial charge on any atom is -0.334 e. The lowest BCUT2D eigenvalue weighted by Gasteiger charge is -2.30. The van der Waals surface area contributed by atoms with Gasteiger partial charge in [-0.3, -0.25) is 0 Å². The van der Waals surface area contributed by atoms with Crippen molar-refractivity contribution in [2.45, 2.75) is 46.6 Å². The van der Waals surface area contributed by atoms with E-state index >= 15 is 0 Å². The highest BCUT2D eigenvalue weighted by atomic mass is 32.1. The van der Waals surface area contributed by atoms with Gasteiger partial charge in [0.05, 0.1) is 0 Å². The summed E-state index contributed by atoms with van der Waals surface area (Å²) in [4.78, 5) is 4.36. The Bertz CT molecular complexity index is 281. The Morgan fingerprint density at radius 1 is 1.33 bits per heavy atom. The van der Waals surface area contributed by atoms with Crippen molar-refractivity contribution in [1.29, 1.82) is 0 Å². The van der Waals surface area contributed by atoms with E-state index in [4.69, 9.17) is 0 Å². The van der Waals surface area contributed by atoms with Crippen LogP contribution in [-0.2, 0) is 13.0 Å². The molecule has 0 atom stereocenters. The zero-order chi connectivity index (χ0) is 11.3. The molecule has 3 heteroatoms. The van der Waals surface area contributed by atoms with Crippen LogP contribution < -0.4 is 0 Å². The molecule has 0 aliphatic rings. The van der Waals surface area contributed by atoms with Gasteiger partial charge < -0.3 is 4.57 Å². The molecule has 0 bridgehead atoms. The minimum atomic E-state index is 0.327. The second-order valence-corrected chi connectivity index (χ2v) is 4.51. The van der Waals surface area contributed by atoms with E-state index in [2.05, 4.69) is 49.1 Å². The Hall–Kier alpha value is -0.440. The molecule has 86 valence electrons. The lowest BCUT2D eigenvalue weighted by Crippen LogP contribution is -2.28. The zero-order valence-electron chi connectivity index (χ0n) is 10.0. The number of hydrogen-bond acceptors (Lipinski definition) is 2. The van der Waals surface area contributed by atoms with Crippen LogP contribution in [0.3, 0.4) is 0 Å². The summed E-state index contributed by atoms with van der Waals surface area (Å²) in [6, 6.07) is 0. The molecule has 0 aromatic carbocycles. The fourth-order valence-corrected chi connectivity index (χ4v) is 2.45. The summed E-state index contributed by atoms with van der Waals surface area (Å²) in [7, 11) is 0. The van der Waals surface area contributed by atoms with Crippen molar-refractivity contribution in [3.05, 3.63) is 18.2 Å². The standard InChI is InChI=1S/C12H22N2S/c1-4-11-13-7-8-14(11)9-12(5-2,6-3)10-15/h7-8,15H,4-6,9-10H2,1-3H3. The van der Waals surface area contributed by atoms with E-state index in [9.17, 15) is 0 Å². The third kappa shape index (κ3) is 2.77. The first-order chi connectivity index (χ1) is 7.21. The fourth-order valence-electron chi connectivity index (χ4n) is 1.91. The molecule has 1 heterocycles. The van der Waals surface area contributed by atoms with Crippen LogP contribution >= 0.6 is 12.6 Å². The van der Waals surface area contributed by atoms with E-state index in [1.54, 1.807) is 0 Å². The van der Waals surface area contributed by atoms with Gasteiger partial charge in [-0.2, -0.15) is 12.6 Å². The van der Waals surface area contributed by atoms with E-state index < -0.39 is 0 Å². The third-order valence-corrected chi connectivity index (χ3v) is 4.13. The highest BCUT2D eigenvalue weighted by Crippen LogP contribution is 2.30. The molecule has 0 saturated carbocycles. The van der Waals surface area contributed by atoms with Crippen molar-refractivity contribution in [2.75, 3.05) is 5.75 Å². The summed E-state index contributed by atoms with van der Waals surface area (Å²) in [5, 5.41) is 0. The van der Waals surface area contributed by atoms with E-state index in [0.717, 1.165) is 18.7 Å². The lowest BCUT2D eigenvalue weighted by molar-refractivity contribution is 0.255. The van der Waals surface area contributed by atoms with Gasteiger partial charge in [0.1, 0.15) is 5.82 Å². The molecule has 0 spiro atoms. The van der Waals surface area contributed by atoms with Crippen molar-refractivity contribution in [2.24, 2.45) is 5.41 Å². The molecule has 0 N–H and O–H groups in total. The molecule has 0 amide bonds. The number of hydrogen-bond donors (Lipinski definition) is 1. The molecule has 0 saturated heterocycles. The normalized spacial score (nSPS) is 12.0. The smallest absolute Gasteiger partial charge is 0.108 e. The maximum Gasteiger partial charge on any atom is 0.108 e. The second-order valence-electron chi connectivity index (χ2n) is 4.19. The molecule has 2 nitrogen and oxygen atoms in total. The predicted octanol–water partition coefficient (Wildman–Crippen LogP) is 3.18. The lowest BCUT2D eigenvalue weighted by atomic mass is 9.84. The van der Waals surface area contributed by atoms with Crippen LogP contribution in [0.2, 0.25) is 0 Å². The number of thiol groups is 1. The van der Waals surface area contributed by atoms with E-state index in [0.29, 0.717) is 5.41 Å². The zero-order valence-corrected chi connectivity index (χ0v) is 10.9. The Kier molecular flexibility index (Phi) is 4.71. The number of imidazole rings is 1. The largest absolute Gasteiger partial charge is 0.334 e. The van der Waals surface area contributed by atoms with E-state index in [1.165, 1.54) is 18.7 Å². The van der Waals surface area contributed by atoms with Gasteiger partial charge in [0.2, 0.25) is 0 Å². The molecule has 1 aromatic rings. The van der Waals surface area contributed by atoms with Crippen molar-refractivity contribution >= 4 is 12.6 Å². The highest BCUT2D eigenvalue weighted by molar-refractivity contribution is 7.80. The molecule has 15 heavy (non-hydrogen) atoms. The third-order valence-electron chi connectivity index (χ3n) is 3.46. The molecule has 1 rings (SSSR count). The predicted molar refractivity (Wildman–Crippen MR) is 68.5 cm³/mol. The summed E-state index contributed by atoms with van der Waals surface area (Å²) in [5.74, 6) is 2.13. The summed E-state index contributed by atoms with van der Waals surface area (Å²) in [6.07, 6.45) is 7.33. The minimum absolute atomic E-state index is 0.327. The Labute approximate surface area is 98.5 Å². The van der Waals surface area contributed by atoms with Gasteiger partial charge in [-0.05, 0) is 24.0 Å². The van der Waals surface area contributed by atoms with Crippen LogP contribution in [0.5, 0.6) is 0 Å². The molecule has 0 aliphatic heterocycles. The molecular formula is C12H22N2S. The van der Waals surface area contributed by atoms with Crippen molar-refractivity contribution in [3.63, 3.8) is 0 Å². The first kappa shape index (κ1) is 12.6. The summed E-state index contributed by atoms with van der Waals surface area (Å²) in [6.45, 7) is 7.70. The first-order valence-corrected chi connectivity index (χ1v) is 6.45. The van der Waals surface area contributed by atoms with Crippen LogP contribution in [0.25, 0.3) is 0 Å². The van der Waals surface area contributed by atoms with Crippen molar-refractivity contribution in [1.82, 2.24) is 9.55 Å². The summed E-state index contributed by atoms with van der Waals surface area (Å²) in [5.41, 5.74) is 0.327. The maximum atomic E-state index is 4.50. The Morgan fingerprint density at radius 3 is 2.47 bits per heavy atom. The number of nitrogens with zero attached hydrogens (tertiary/aromatic N) is 2. The topological polar surface area (TPSA) is 17.8 Å². The molecule has 0 aliphatic carbocycles. The maximum absolute atomic E-state index is 4.50.